The lowest BCUT2D eigenvalue weighted by Gasteiger charge is -2.10. The summed E-state index contributed by atoms with van der Waals surface area (Å²) in [5.74, 6) is 0.660. The molecule has 28 heavy (non-hydrogen) atoms. The number of fused-ring (bicyclic) bond motifs is 3. The van der Waals surface area contributed by atoms with E-state index in [0.717, 1.165) is 56.6 Å². The van der Waals surface area contributed by atoms with Gasteiger partial charge in [-0.15, -0.1) is 11.3 Å². The Balaban J connectivity index is 1.68. The number of aromatic amines is 1. The number of nitrogens with one attached hydrogen (secondary N) is 1. The van der Waals surface area contributed by atoms with E-state index in [9.17, 15) is 4.79 Å². The Bertz CT molecular complexity index is 1260. The molecule has 0 unspecified atom stereocenters. The first kappa shape index (κ1) is 17.9. The van der Waals surface area contributed by atoms with Crippen molar-refractivity contribution in [1.82, 2.24) is 14.5 Å². The average Bonchev–Trinajstić information content (AvgIpc) is 3.20. The Morgan fingerprint density at radius 1 is 1.14 bits per heavy atom. The van der Waals surface area contributed by atoms with E-state index in [1.807, 2.05) is 12.1 Å². The molecule has 3 heterocycles. The number of aromatic nitrogens is 3. The molecule has 4 aromatic rings. The topological polar surface area (TPSA) is 50.7 Å². The zero-order valence-electron chi connectivity index (χ0n) is 15.8. The van der Waals surface area contributed by atoms with Gasteiger partial charge >= 0.3 is 0 Å². The van der Waals surface area contributed by atoms with Crippen LogP contribution in [0.25, 0.3) is 27.3 Å². The van der Waals surface area contributed by atoms with Crippen molar-refractivity contribution in [2.24, 2.45) is 0 Å². The monoisotopic (exact) mass is 453 g/mol. The number of halogens is 1. The molecular formula is C22H20BrN3OS. The molecule has 1 N–H and O–H groups in total. The average molecular weight is 454 g/mol. The fourth-order valence-corrected chi connectivity index (χ4v) is 5.81. The standard InChI is InChI=1S/C22H20BrN3OS/c1-12-11-17(13(2)26(12)15-9-7-14(23)8-10-15)20-24-21(27)19-16-5-3-4-6-18(16)28-22(19)25-20/h7-11H,3-6H2,1-2H3,(H,24,25,27). The predicted molar refractivity (Wildman–Crippen MR) is 119 cm³/mol. The maximum Gasteiger partial charge on any atom is 0.260 e. The summed E-state index contributed by atoms with van der Waals surface area (Å²) in [5, 5.41) is 0.810. The fraction of sp³-hybridized carbons (Fsp3) is 0.273. The van der Waals surface area contributed by atoms with Crippen molar-refractivity contribution in [2.75, 3.05) is 0 Å². The minimum Gasteiger partial charge on any atom is -0.318 e. The van der Waals surface area contributed by atoms with Crippen molar-refractivity contribution >= 4 is 37.5 Å². The summed E-state index contributed by atoms with van der Waals surface area (Å²) in [5.41, 5.74) is 5.48. The molecule has 0 radical (unpaired) electrons. The third-order valence-electron chi connectivity index (χ3n) is 5.60. The first-order chi connectivity index (χ1) is 13.5. The van der Waals surface area contributed by atoms with Crippen LogP contribution in [0, 0.1) is 13.8 Å². The van der Waals surface area contributed by atoms with Crippen molar-refractivity contribution in [3.05, 3.63) is 67.0 Å². The Labute approximate surface area is 175 Å². The van der Waals surface area contributed by atoms with E-state index in [1.165, 1.54) is 16.9 Å². The quantitative estimate of drug-likeness (QED) is 0.423. The molecule has 0 bridgehead atoms. The second kappa shape index (κ2) is 6.71. The highest BCUT2D eigenvalue weighted by Gasteiger charge is 2.21. The van der Waals surface area contributed by atoms with Gasteiger partial charge in [0, 0.05) is 32.0 Å². The third-order valence-corrected chi connectivity index (χ3v) is 7.31. The summed E-state index contributed by atoms with van der Waals surface area (Å²) < 4.78 is 3.25. The van der Waals surface area contributed by atoms with Crippen LogP contribution in [0.2, 0.25) is 0 Å². The molecule has 0 fully saturated rings. The first-order valence-electron chi connectivity index (χ1n) is 9.53. The predicted octanol–water partition coefficient (Wildman–Crippen LogP) is 5.70. The van der Waals surface area contributed by atoms with Gasteiger partial charge in [0.25, 0.3) is 5.56 Å². The summed E-state index contributed by atoms with van der Waals surface area (Å²) in [6, 6.07) is 10.3. The lowest BCUT2D eigenvalue weighted by molar-refractivity contribution is 0.700. The van der Waals surface area contributed by atoms with Crippen LogP contribution in [0.4, 0.5) is 0 Å². The minimum absolute atomic E-state index is 0.00663. The number of benzene rings is 1. The Kier molecular flexibility index (Phi) is 4.29. The van der Waals surface area contributed by atoms with Crippen LogP contribution in [0.15, 0.2) is 39.6 Å². The van der Waals surface area contributed by atoms with Crippen LogP contribution in [0.3, 0.4) is 0 Å². The van der Waals surface area contributed by atoms with Gasteiger partial charge in [0.05, 0.1) is 5.39 Å². The van der Waals surface area contributed by atoms with Crippen LogP contribution in [0.5, 0.6) is 0 Å². The molecule has 6 heteroatoms. The number of hydrogen-bond acceptors (Lipinski definition) is 3. The Morgan fingerprint density at radius 3 is 2.68 bits per heavy atom. The molecular weight excluding hydrogens is 434 g/mol. The normalized spacial score (nSPS) is 13.8. The summed E-state index contributed by atoms with van der Waals surface area (Å²) in [7, 11) is 0. The number of aryl methyl sites for hydroxylation is 3. The molecule has 1 aliphatic carbocycles. The van der Waals surface area contributed by atoms with Gasteiger partial charge in [-0.2, -0.15) is 0 Å². The highest BCUT2D eigenvalue weighted by atomic mass is 79.9. The van der Waals surface area contributed by atoms with E-state index in [-0.39, 0.29) is 5.56 Å². The van der Waals surface area contributed by atoms with Gasteiger partial charge in [-0.1, -0.05) is 15.9 Å². The van der Waals surface area contributed by atoms with Gasteiger partial charge in [-0.25, -0.2) is 4.98 Å². The second-order valence-corrected chi connectivity index (χ2v) is 9.40. The highest BCUT2D eigenvalue weighted by molar-refractivity contribution is 9.10. The van der Waals surface area contributed by atoms with Crippen LogP contribution in [-0.4, -0.2) is 14.5 Å². The third kappa shape index (κ3) is 2.78. The Morgan fingerprint density at radius 2 is 1.89 bits per heavy atom. The molecule has 0 spiro atoms. The van der Waals surface area contributed by atoms with E-state index in [2.05, 4.69) is 57.5 Å². The van der Waals surface area contributed by atoms with Gasteiger partial charge in [0.15, 0.2) is 0 Å². The van der Waals surface area contributed by atoms with Crippen molar-refractivity contribution in [3.8, 4) is 17.1 Å². The van der Waals surface area contributed by atoms with E-state index in [4.69, 9.17) is 4.98 Å². The van der Waals surface area contributed by atoms with E-state index in [0.29, 0.717) is 5.82 Å². The molecule has 0 amide bonds. The molecule has 142 valence electrons. The zero-order valence-corrected chi connectivity index (χ0v) is 18.2. The molecule has 3 aromatic heterocycles. The first-order valence-corrected chi connectivity index (χ1v) is 11.1. The summed E-state index contributed by atoms with van der Waals surface area (Å²) in [6.45, 7) is 4.16. The maximum absolute atomic E-state index is 12.9. The number of H-pyrrole nitrogens is 1. The van der Waals surface area contributed by atoms with Crippen molar-refractivity contribution < 1.29 is 0 Å². The summed E-state index contributed by atoms with van der Waals surface area (Å²) in [4.78, 5) is 23.1. The lowest BCUT2D eigenvalue weighted by Crippen LogP contribution is -2.11. The van der Waals surface area contributed by atoms with Crippen LogP contribution < -0.4 is 5.56 Å². The molecule has 5 rings (SSSR count). The maximum atomic E-state index is 12.9. The van der Waals surface area contributed by atoms with Crippen LogP contribution >= 0.6 is 27.3 Å². The van der Waals surface area contributed by atoms with Crippen molar-refractivity contribution in [1.29, 1.82) is 0 Å². The number of thiophene rings is 1. The van der Waals surface area contributed by atoms with Crippen molar-refractivity contribution in [2.45, 2.75) is 39.5 Å². The van der Waals surface area contributed by atoms with E-state index < -0.39 is 0 Å². The molecule has 4 nitrogen and oxygen atoms in total. The van der Waals surface area contributed by atoms with Gasteiger partial charge < -0.3 is 9.55 Å². The number of hydrogen-bond donors (Lipinski definition) is 1. The smallest absolute Gasteiger partial charge is 0.260 e. The summed E-state index contributed by atoms with van der Waals surface area (Å²) >= 11 is 5.19. The molecule has 0 atom stereocenters. The fourth-order valence-electron chi connectivity index (χ4n) is 4.28. The van der Waals surface area contributed by atoms with Gasteiger partial charge in [-0.3, -0.25) is 4.79 Å². The second-order valence-electron chi connectivity index (χ2n) is 7.40. The van der Waals surface area contributed by atoms with Crippen molar-refractivity contribution in [3.63, 3.8) is 0 Å². The van der Waals surface area contributed by atoms with Crippen LogP contribution in [-0.2, 0) is 12.8 Å². The zero-order chi connectivity index (χ0) is 19.4. The molecule has 0 saturated carbocycles. The molecule has 1 aliphatic rings. The van der Waals surface area contributed by atoms with Crippen LogP contribution in [0.1, 0.15) is 34.7 Å². The Hall–Kier alpha value is -2.18. The summed E-state index contributed by atoms with van der Waals surface area (Å²) in [6.07, 6.45) is 4.44. The van der Waals surface area contributed by atoms with Gasteiger partial charge in [0.2, 0.25) is 0 Å². The van der Waals surface area contributed by atoms with Gasteiger partial charge in [-0.05, 0) is 75.4 Å². The molecule has 0 saturated heterocycles. The van der Waals surface area contributed by atoms with E-state index in [1.54, 1.807) is 11.3 Å². The van der Waals surface area contributed by atoms with Gasteiger partial charge in [0.1, 0.15) is 10.7 Å². The molecule has 1 aromatic carbocycles. The number of rotatable bonds is 2. The largest absolute Gasteiger partial charge is 0.318 e. The highest BCUT2D eigenvalue weighted by Crippen LogP contribution is 2.35. The lowest BCUT2D eigenvalue weighted by atomic mass is 9.97. The number of nitrogens with zero attached hydrogens (tertiary/aromatic N) is 2. The SMILES string of the molecule is Cc1cc(-c2nc3sc4c(c3c(=O)[nH]2)CCCC4)c(C)n1-c1ccc(Br)cc1. The van der Waals surface area contributed by atoms with E-state index >= 15 is 0 Å². The minimum atomic E-state index is -0.00663. The molecule has 0 aliphatic heterocycles.